The molecule has 1 aromatic heterocycles. The van der Waals surface area contributed by atoms with Gasteiger partial charge in [0, 0.05) is 11.8 Å². The molecule has 124 valence electrons. The quantitative estimate of drug-likeness (QED) is 0.890. The Morgan fingerprint density at radius 2 is 1.91 bits per heavy atom. The minimum absolute atomic E-state index is 0.0733. The van der Waals surface area contributed by atoms with Crippen LogP contribution >= 0.6 is 0 Å². The summed E-state index contributed by atoms with van der Waals surface area (Å²) in [6.45, 7) is 7.45. The third-order valence-corrected chi connectivity index (χ3v) is 3.52. The van der Waals surface area contributed by atoms with Crippen LogP contribution in [0.15, 0.2) is 35.1 Å². The predicted octanol–water partition coefficient (Wildman–Crippen LogP) is 2.64. The van der Waals surface area contributed by atoms with Gasteiger partial charge in [-0.05, 0) is 51.5 Å². The summed E-state index contributed by atoms with van der Waals surface area (Å²) in [6.07, 6.45) is 1.77. The molecule has 0 radical (unpaired) electrons. The van der Waals surface area contributed by atoms with E-state index in [2.05, 4.69) is 11.9 Å². The van der Waals surface area contributed by atoms with E-state index in [4.69, 9.17) is 4.74 Å². The number of nitrogens with zero attached hydrogens (tertiary/aromatic N) is 2. The molecule has 1 N–H and O–H groups in total. The summed E-state index contributed by atoms with van der Waals surface area (Å²) >= 11 is 0. The zero-order chi connectivity index (χ0) is 17.0. The van der Waals surface area contributed by atoms with E-state index < -0.39 is 5.60 Å². The fraction of sp³-hybridized carbons (Fsp3) is 0.444. The molecule has 23 heavy (non-hydrogen) atoms. The summed E-state index contributed by atoms with van der Waals surface area (Å²) in [6, 6.07) is 8.81. The topological polar surface area (TPSA) is 64.3 Å². The van der Waals surface area contributed by atoms with Crippen molar-refractivity contribution >= 4 is 0 Å². The number of aromatic nitrogens is 2. The van der Waals surface area contributed by atoms with E-state index >= 15 is 0 Å². The van der Waals surface area contributed by atoms with Crippen LogP contribution in [0, 0.1) is 6.92 Å². The summed E-state index contributed by atoms with van der Waals surface area (Å²) in [5.74, 6) is 1.32. The molecule has 0 unspecified atom stereocenters. The molecule has 0 bridgehead atoms. The van der Waals surface area contributed by atoms with Gasteiger partial charge < -0.3 is 9.84 Å². The summed E-state index contributed by atoms with van der Waals surface area (Å²) in [4.78, 5) is 16.8. The number of hydrogen-bond acceptors (Lipinski definition) is 4. The summed E-state index contributed by atoms with van der Waals surface area (Å²) in [5, 5.41) is 9.25. The van der Waals surface area contributed by atoms with E-state index in [1.165, 1.54) is 0 Å². The van der Waals surface area contributed by atoms with Crippen LogP contribution in [0.4, 0.5) is 0 Å². The van der Waals surface area contributed by atoms with E-state index in [0.29, 0.717) is 11.6 Å². The number of aliphatic hydroxyl groups excluding tert-OH is 1. The van der Waals surface area contributed by atoms with E-state index in [9.17, 15) is 9.90 Å². The smallest absolute Gasteiger partial charge is 0.258 e. The molecule has 0 aliphatic rings. The fourth-order valence-corrected chi connectivity index (χ4v) is 2.37. The maximum atomic E-state index is 12.4. The Morgan fingerprint density at radius 1 is 1.26 bits per heavy atom. The minimum Gasteiger partial charge on any atom is -0.485 e. The van der Waals surface area contributed by atoms with Crippen molar-refractivity contribution in [2.24, 2.45) is 0 Å². The van der Waals surface area contributed by atoms with Crippen molar-refractivity contribution in [3.8, 4) is 11.4 Å². The molecule has 0 saturated carbocycles. The Labute approximate surface area is 136 Å². The third kappa shape index (κ3) is 4.20. The average Bonchev–Trinajstić information content (AvgIpc) is 2.48. The van der Waals surface area contributed by atoms with E-state index in [-0.39, 0.29) is 12.2 Å². The molecule has 2 rings (SSSR count). The third-order valence-electron chi connectivity index (χ3n) is 3.52. The molecule has 0 amide bonds. The van der Waals surface area contributed by atoms with Crippen LogP contribution in [0.2, 0.25) is 0 Å². The lowest BCUT2D eigenvalue weighted by atomic mass is 10.1. The first-order chi connectivity index (χ1) is 10.9. The Hall–Kier alpha value is -2.14. The van der Waals surface area contributed by atoms with Crippen molar-refractivity contribution in [2.45, 2.75) is 46.1 Å². The molecule has 5 nitrogen and oxygen atoms in total. The fourth-order valence-electron chi connectivity index (χ4n) is 2.37. The van der Waals surface area contributed by atoms with E-state index in [0.717, 1.165) is 24.2 Å². The second kappa shape index (κ2) is 6.96. The van der Waals surface area contributed by atoms with E-state index in [1.807, 2.05) is 32.9 Å². The number of benzene rings is 1. The number of aliphatic hydroxyl groups is 1. The van der Waals surface area contributed by atoms with Crippen LogP contribution < -0.4 is 10.3 Å². The van der Waals surface area contributed by atoms with Gasteiger partial charge in [0.15, 0.2) is 0 Å². The van der Waals surface area contributed by atoms with Gasteiger partial charge in [-0.3, -0.25) is 9.36 Å². The van der Waals surface area contributed by atoms with Crippen LogP contribution in [-0.4, -0.2) is 26.9 Å². The molecule has 5 heteroatoms. The van der Waals surface area contributed by atoms with Gasteiger partial charge in [-0.2, -0.15) is 0 Å². The highest BCUT2D eigenvalue weighted by molar-refractivity contribution is 5.38. The summed E-state index contributed by atoms with van der Waals surface area (Å²) in [7, 11) is 0. The Bertz CT molecular complexity index is 718. The highest BCUT2D eigenvalue weighted by atomic mass is 16.5. The predicted molar refractivity (Wildman–Crippen MR) is 90.4 cm³/mol. The van der Waals surface area contributed by atoms with Crippen molar-refractivity contribution in [2.75, 3.05) is 6.61 Å². The lowest BCUT2D eigenvalue weighted by molar-refractivity contribution is 0.0412. The minimum atomic E-state index is -0.641. The first-order valence-corrected chi connectivity index (χ1v) is 7.86. The molecular formula is C18H24N2O3. The first-order valence-electron chi connectivity index (χ1n) is 7.86. The van der Waals surface area contributed by atoms with Gasteiger partial charge in [-0.15, -0.1) is 0 Å². The van der Waals surface area contributed by atoms with Gasteiger partial charge in [-0.25, -0.2) is 4.98 Å². The van der Waals surface area contributed by atoms with Gasteiger partial charge in [-0.1, -0.05) is 13.3 Å². The van der Waals surface area contributed by atoms with Gasteiger partial charge in [0.05, 0.1) is 12.3 Å². The molecule has 0 saturated heterocycles. The Balaban J connectivity index is 2.31. The van der Waals surface area contributed by atoms with Crippen LogP contribution in [0.25, 0.3) is 5.69 Å². The molecule has 1 heterocycles. The number of rotatable bonds is 6. The lowest BCUT2D eigenvalue weighted by Gasteiger charge is -2.24. The molecule has 0 aliphatic carbocycles. The van der Waals surface area contributed by atoms with Crippen molar-refractivity contribution in [3.05, 3.63) is 52.2 Å². The highest BCUT2D eigenvalue weighted by Crippen LogP contribution is 2.20. The van der Waals surface area contributed by atoms with Crippen molar-refractivity contribution in [3.63, 3.8) is 0 Å². The SMILES string of the molecule is CCCc1cc(=O)n(-c2ccc(OC(C)(C)CO)cc2)c(C)n1. The van der Waals surface area contributed by atoms with Crippen molar-refractivity contribution in [1.82, 2.24) is 9.55 Å². The van der Waals surface area contributed by atoms with Gasteiger partial charge in [0.2, 0.25) is 0 Å². The van der Waals surface area contributed by atoms with Gasteiger partial charge in [0.25, 0.3) is 5.56 Å². The number of aryl methyl sites for hydroxylation is 2. The van der Waals surface area contributed by atoms with E-state index in [1.54, 1.807) is 22.8 Å². The second-order valence-electron chi connectivity index (χ2n) is 6.23. The second-order valence-corrected chi connectivity index (χ2v) is 6.23. The zero-order valence-corrected chi connectivity index (χ0v) is 14.2. The normalized spacial score (nSPS) is 11.5. The average molecular weight is 316 g/mol. The molecular weight excluding hydrogens is 292 g/mol. The zero-order valence-electron chi connectivity index (χ0n) is 14.2. The summed E-state index contributed by atoms with van der Waals surface area (Å²) in [5.41, 5.74) is 0.857. The Morgan fingerprint density at radius 3 is 2.43 bits per heavy atom. The molecule has 0 spiro atoms. The van der Waals surface area contributed by atoms with Crippen molar-refractivity contribution < 1.29 is 9.84 Å². The van der Waals surface area contributed by atoms with Crippen LogP contribution in [0.5, 0.6) is 5.75 Å². The largest absolute Gasteiger partial charge is 0.485 e. The van der Waals surface area contributed by atoms with Gasteiger partial charge >= 0.3 is 0 Å². The molecule has 0 atom stereocenters. The first kappa shape index (κ1) is 17.2. The molecule has 2 aromatic rings. The molecule has 1 aromatic carbocycles. The monoisotopic (exact) mass is 316 g/mol. The molecule has 0 aliphatic heterocycles. The van der Waals surface area contributed by atoms with Crippen LogP contribution in [0.1, 0.15) is 38.7 Å². The standard InChI is InChI=1S/C18H24N2O3/c1-5-6-14-11-17(22)20(13(2)19-14)15-7-9-16(10-8-15)23-18(3,4)12-21/h7-11,21H,5-6,12H2,1-4H3. The number of hydrogen-bond donors (Lipinski definition) is 1. The highest BCUT2D eigenvalue weighted by Gasteiger charge is 2.18. The molecule has 0 fully saturated rings. The maximum Gasteiger partial charge on any atom is 0.258 e. The number of ether oxygens (including phenoxy) is 1. The van der Waals surface area contributed by atoms with Gasteiger partial charge in [0.1, 0.15) is 17.2 Å². The van der Waals surface area contributed by atoms with Crippen LogP contribution in [-0.2, 0) is 6.42 Å². The van der Waals surface area contributed by atoms with Crippen LogP contribution in [0.3, 0.4) is 0 Å². The lowest BCUT2D eigenvalue weighted by Crippen LogP contribution is -2.32. The van der Waals surface area contributed by atoms with Crippen molar-refractivity contribution in [1.29, 1.82) is 0 Å². The Kier molecular flexibility index (Phi) is 5.21. The maximum absolute atomic E-state index is 12.4. The summed E-state index contributed by atoms with van der Waals surface area (Å²) < 4.78 is 7.28.